The molecule has 2 saturated carbocycles. The number of amides is 2. The van der Waals surface area contributed by atoms with E-state index < -0.39 is 0 Å². The van der Waals surface area contributed by atoms with Gasteiger partial charge in [-0.15, -0.1) is 0 Å². The van der Waals surface area contributed by atoms with E-state index in [1.807, 2.05) is 0 Å². The minimum absolute atomic E-state index is 0.0325. The van der Waals surface area contributed by atoms with E-state index in [1.165, 1.54) is 44.9 Å². The molecule has 0 atom stereocenters. The highest BCUT2D eigenvalue weighted by Gasteiger charge is 2.38. The number of carbonyl (C=O) groups excluding carboxylic acids is 1. The van der Waals surface area contributed by atoms with Crippen molar-refractivity contribution in [1.82, 2.24) is 15.5 Å². The second-order valence-electron chi connectivity index (χ2n) is 7.19. The Morgan fingerprint density at radius 3 is 2.41 bits per heavy atom. The fourth-order valence-corrected chi connectivity index (χ4v) is 4.40. The number of rotatable bonds is 4. The summed E-state index contributed by atoms with van der Waals surface area (Å²) in [7, 11) is 0. The lowest BCUT2D eigenvalue weighted by atomic mass is 9.80. The molecule has 1 saturated heterocycles. The van der Waals surface area contributed by atoms with Crippen molar-refractivity contribution >= 4 is 6.03 Å². The Bertz CT molecular complexity index is 357. The second kappa shape index (κ2) is 7.64. The smallest absolute Gasteiger partial charge is 0.315 e. The molecule has 22 heavy (non-hydrogen) atoms. The van der Waals surface area contributed by atoms with Crippen LogP contribution in [0.2, 0.25) is 0 Å². The molecule has 0 aromatic rings. The Kier molecular flexibility index (Phi) is 5.58. The number of ether oxygens (including phenoxy) is 1. The zero-order valence-electron chi connectivity index (χ0n) is 13.7. The molecule has 2 amide bonds. The highest BCUT2D eigenvalue weighted by molar-refractivity contribution is 5.74. The Morgan fingerprint density at radius 2 is 1.73 bits per heavy atom. The monoisotopic (exact) mass is 309 g/mol. The van der Waals surface area contributed by atoms with Crippen molar-refractivity contribution in [2.75, 3.05) is 32.8 Å². The van der Waals surface area contributed by atoms with Gasteiger partial charge in [0.25, 0.3) is 0 Å². The van der Waals surface area contributed by atoms with Gasteiger partial charge in [-0.25, -0.2) is 4.79 Å². The van der Waals surface area contributed by atoms with Gasteiger partial charge in [-0.05, 0) is 25.7 Å². The van der Waals surface area contributed by atoms with Gasteiger partial charge < -0.3 is 15.4 Å². The summed E-state index contributed by atoms with van der Waals surface area (Å²) in [6.45, 7) is 4.45. The Morgan fingerprint density at radius 1 is 1.05 bits per heavy atom. The molecule has 3 aliphatic rings. The third-order valence-electron chi connectivity index (χ3n) is 5.73. The van der Waals surface area contributed by atoms with Crippen LogP contribution in [0.4, 0.5) is 4.79 Å². The van der Waals surface area contributed by atoms with Gasteiger partial charge in [-0.1, -0.05) is 32.1 Å². The van der Waals surface area contributed by atoms with E-state index in [9.17, 15) is 4.79 Å². The SMILES string of the molecule is O=C(NCC1(N2CCOCC2)CCCCC1)NC1CCCC1. The fraction of sp³-hybridized carbons (Fsp3) is 0.941. The van der Waals surface area contributed by atoms with Crippen LogP contribution in [0.25, 0.3) is 0 Å². The van der Waals surface area contributed by atoms with Crippen LogP contribution in [0, 0.1) is 0 Å². The van der Waals surface area contributed by atoms with Crippen molar-refractivity contribution < 1.29 is 9.53 Å². The van der Waals surface area contributed by atoms with E-state index in [2.05, 4.69) is 15.5 Å². The van der Waals surface area contributed by atoms with E-state index >= 15 is 0 Å². The van der Waals surface area contributed by atoms with Crippen LogP contribution in [-0.4, -0.2) is 55.4 Å². The summed E-state index contributed by atoms with van der Waals surface area (Å²) >= 11 is 0. The van der Waals surface area contributed by atoms with Crippen molar-refractivity contribution in [1.29, 1.82) is 0 Å². The quantitative estimate of drug-likeness (QED) is 0.837. The number of hydrogen-bond acceptors (Lipinski definition) is 3. The van der Waals surface area contributed by atoms with Gasteiger partial charge in [0.2, 0.25) is 0 Å². The van der Waals surface area contributed by atoms with Crippen LogP contribution >= 0.6 is 0 Å². The highest BCUT2D eigenvalue weighted by Crippen LogP contribution is 2.33. The molecule has 0 bridgehead atoms. The largest absolute Gasteiger partial charge is 0.379 e. The molecule has 1 heterocycles. The Labute approximate surface area is 134 Å². The van der Waals surface area contributed by atoms with Crippen LogP contribution < -0.4 is 10.6 Å². The second-order valence-corrected chi connectivity index (χ2v) is 7.19. The average molecular weight is 309 g/mol. The molecule has 0 unspecified atom stereocenters. The Balaban J connectivity index is 1.53. The van der Waals surface area contributed by atoms with Crippen molar-refractivity contribution in [3.05, 3.63) is 0 Å². The van der Waals surface area contributed by atoms with Gasteiger partial charge in [0.15, 0.2) is 0 Å². The van der Waals surface area contributed by atoms with E-state index in [4.69, 9.17) is 4.74 Å². The summed E-state index contributed by atoms with van der Waals surface area (Å²) in [5.41, 5.74) is 0.162. The third-order valence-corrected chi connectivity index (χ3v) is 5.73. The molecule has 5 heteroatoms. The van der Waals surface area contributed by atoms with Crippen LogP contribution in [0.5, 0.6) is 0 Å². The molecule has 0 radical (unpaired) electrons. The first kappa shape index (κ1) is 16.1. The minimum atomic E-state index is 0.0325. The summed E-state index contributed by atoms with van der Waals surface area (Å²) in [5, 5.41) is 6.33. The molecule has 1 aliphatic heterocycles. The van der Waals surface area contributed by atoms with Crippen LogP contribution in [0.1, 0.15) is 57.8 Å². The minimum Gasteiger partial charge on any atom is -0.379 e. The molecular formula is C17H31N3O2. The predicted octanol–water partition coefficient (Wildman–Crippen LogP) is 2.26. The van der Waals surface area contributed by atoms with Crippen LogP contribution in [-0.2, 0) is 4.74 Å². The summed E-state index contributed by atoms with van der Waals surface area (Å²) in [4.78, 5) is 14.8. The first-order valence-corrected chi connectivity index (χ1v) is 9.16. The number of nitrogens with zero attached hydrogens (tertiary/aromatic N) is 1. The van der Waals surface area contributed by atoms with Gasteiger partial charge in [-0.3, -0.25) is 4.90 Å². The molecule has 126 valence electrons. The van der Waals surface area contributed by atoms with Crippen LogP contribution in [0.15, 0.2) is 0 Å². The topological polar surface area (TPSA) is 53.6 Å². The van der Waals surface area contributed by atoms with Crippen molar-refractivity contribution in [2.24, 2.45) is 0 Å². The maximum Gasteiger partial charge on any atom is 0.315 e. The van der Waals surface area contributed by atoms with E-state index in [1.54, 1.807) is 0 Å². The standard InChI is InChI=1S/C17H31N3O2/c21-16(19-15-6-2-3-7-15)18-14-17(8-4-1-5-9-17)20-10-12-22-13-11-20/h15H,1-14H2,(H2,18,19,21). The van der Waals surface area contributed by atoms with E-state index in [0.29, 0.717) is 6.04 Å². The van der Waals surface area contributed by atoms with E-state index in [-0.39, 0.29) is 11.6 Å². The molecule has 0 aromatic heterocycles. The lowest BCUT2D eigenvalue weighted by molar-refractivity contribution is -0.0357. The van der Waals surface area contributed by atoms with Gasteiger partial charge in [-0.2, -0.15) is 0 Å². The number of morpholine rings is 1. The summed E-state index contributed by atoms with van der Waals surface area (Å²) in [6, 6.07) is 0.427. The number of urea groups is 1. The van der Waals surface area contributed by atoms with Crippen molar-refractivity contribution in [3.63, 3.8) is 0 Å². The predicted molar refractivity (Wildman–Crippen MR) is 87.0 cm³/mol. The molecule has 3 rings (SSSR count). The first-order chi connectivity index (χ1) is 10.8. The third kappa shape index (κ3) is 3.93. The summed E-state index contributed by atoms with van der Waals surface area (Å²) in [5.74, 6) is 0. The molecule has 2 aliphatic carbocycles. The molecule has 0 spiro atoms. The maximum absolute atomic E-state index is 12.2. The first-order valence-electron chi connectivity index (χ1n) is 9.16. The van der Waals surface area contributed by atoms with E-state index in [0.717, 1.165) is 45.7 Å². The lowest BCUT2D eigenvalue weighted by Gasteiger charge is -2.48. The molecule has 0 aromatic carbocycles. The highest BCUT2D eigenvalue weighted by atomic mass is 16.5. The summed E-state index contributed by atoms with van der Waals surface area (Å²) < 4.78 is 5.51. The van der Waals surface area contributed by atoms with Gasteiger partial charge >= 0.3 is 6.03 Å². The van der Waals surface area contributed by atoms with Crippen molar-refractivity contribution in [2.45, 2.75) is 69.4 Å². The number of carbonyl (C=O) groups is 1. The zero-order valence-corrected chi connectivity index (χ0v) is 13.7. The molecule has 3 fully saturated rings. The summed E-state index contributed by atoms with van der Waals surface area (Å²) in [6.07, 6.45) is 11.1. The molecule has 2 N–H and O–H groups in total. The van der Waals surface area contributed by atoms with Crippen LogP contribution in [0.3, 0.4) is 0 Å². The normalized spacial score (nSPS) is 26.7. The lowest BCUT2D eigenvalue weighted by Crippen LogP contribution is -2.60. The Hall–Kier alpha value is -0.810. The fourth-order valence-electron chi connectivity index (χ4n) is 4.40. The average Bonchev–Trinajstić information content (AvgIpc) is 3.08. The molecular weight excluding hydrogens is 278 g/mol. The van der Waals surface area contributed by atoms with Gasteiger partial charge in [0.05, 0.1) is 13.2 Å². The maximum atomic E-state index is 12.2. The number of hydrogen-bond donors (Lipinski definition) is 2. The van der Waals surface area contributed by atoms with Gasteiger partial charge in [0.1, 0.15) is 0 Å². The molecule has 5 nitrogen and oxygen atoms in total. The van der Waals surface area contributed by atoms with Crippen molar-refractivity contribution in [3.8, 4) is 0 Å². The van der Waals surface area contributed by atoms with Gasteiger partial charge in [0, 0.05) is 31.2 Å². The number of nitrogens with one attached hydrogen (secondary N) is 2. The zero-order chi connectivity index (χ0) is 15.3.